The van der Waals surface area contributed by atoms with E-state index in [-0.39, 0.29) is 24.2 Å². The third-order valence-corrected chi connectivity index (χ3v) is 3.11. The van der Waals surface area contributed by atoms with Crippen molar-refractivity contribution in [2.75, 3.05) is 6.61 Å². The predicted octanol–water partition coefficient (Wildman–Crippen LogP) is -1.95. The van der Waals surface area contributed by atoms with Gasteiger partial charge in [-0.15, -0.1) is 0 Å². The van der Waals surface area contributed by atoms with Crippen molar-refractivity contribution in [2.45, 2.75) is 24.9 Å². The van der Waals surface area contributed by atoms with Crippen LogP contribution in [0.25, 0.3) is 11.2 Å². The Morgan fingerprint density at radius 1 is 1.47 bits per heavy atom. The minimum absolute atomic E-state index is 0.0582. The molecule has 2 aromatic heterocycles. The molecule has 3 rings (SSSR count). The maximum atomic E-state index is 11.5. The van der Waals surface area contributed by atoms with Gasteiger partial charge in [0, 0.05) is 6.42 Å². The van der Waals surface area contributed by atoms with E-state index in [1.807, 2.05) is 0 Å². The Hall–Kier alpha value is -1.97. The van der Waals surface area contributed by atoms with Crippen molar-refractivity contribution in [3.8, 4) is 0 Å². The highest BCUT2D eigenvalue weighted by molar-refractivity contribution is 5.68. The van der Waals surface area contributed by atoms with Crippen LogP contribution >= 0.6 is 0 Å². The molecule has 102 valence electrons. The first kappa shape index (κ1) is 12.1. The van der Waals surface area contributed by atoms with E-state index in [0.29, 0.717) is 0 Å². The highest BCUT2D eigenvalue weighted by Gasteiger charge is 2.35. The molecule has 9 heteroatoms. The van der Waals surface area contributed by atoms with Gasteiger partial charge in [0.2, 0.25) is 0 Å². The van der Waals surface area contributed by atoms with E-state index >= 15 is 0 Å². The van der Waals surface area contributed by atoms with Crippen molar-refractivity contribution in [3.05, 3.63) is 27.2 Å². The Morgan fingerprint density at radius 2 is 2.26 bits per heavy atom. The second kappa shape index (κ2) is 4.30. The first-order chi connectivity index (χ1) is 9.10. The number of aromatic amines is 2. The van der Waals surface area contributed by atoms with E-state index in [2.05, 4.69) is 15.0 Å². The van der Waals surface area contributed by atoms with Crippen LogP contribution in [0, 0.1) is 0 Å². The quantitative estimate of drug-likeness (QED) is 0.500. The van der Waals surface area contributed by atoms with Crippen LogP contribution in [0.5, 0.6) is 0 Å². The number of H-pyrrole nitrogens is 2. The van der Waals surface area contributed by atoms with Crippen LogP contribution in [0.3, 0.4) is 0 Å². The lowest BCUT2D eigenvalue weighted by atomic mass is 10.2. The molecule has 1 aliphatic rings. The zero-order chi connectivity index (χ0) is 13.6. The number of hydrogen-bond acceptors (Lipinski definition) is 6. The summed E-state index contributed by atoms with van der Waals surface area (Å²) in [6, 6.07) is 0. The maximum Gasteiger partial charge on any atom is 0.327 e. The number of ether oxygens (including phenoxy) is 1. The molecule has 9 nitrogen and oxygen atoms in total. The molecule has 0 amide bonds. The van der Waals surface area contributed by atoms with Gasteiger partial charge in [0.25, 0.3) is 5.56 Å². The first-order valence-electron chi connectivity index (χ1n) is 5.73. The van der Waals surface area contributed by atoms with Gasteiger partial charge >= 0.3 is 5.69 Å². The van der Waals surface area contributed by atoms with Gasteiger partial charge in [0.05, 0.1) is 19.0 Å². The van der Waals surface area contributed by atoms with E-state index in [0.717, 1.165) is 0 Å². The molecule has 3 atom stereocenters. The van der Waals surface area contributed by atoms with Gasteiger partial charge in [0.1, 0.15) is 11.8 Å². The second-order valence-corrected chi connectivity index (χ2v) is 4.39. The summed E-state index contributed by atoms with van der Waals surface area (Å²) in [5, 5.41) is 18.9. The largest absolute Gasteiger partial charge is 0.394 e. The van der Waals surface area contributed by atoms with Crippen molar-refractivity contribution in [1.29, 1.82) is 0 Å². The molecule has 0 aromatic carbocycles. The molecule has 19 heavy (non-hydrogen) atoms. The highest BCUT2D eigenvalue weighted by Crippen LogP contribution is 2.29. The molecule has 0 spiro atoms. The van der Waals surface area contributed by atoms with Crippen LogP contribution in [0.4, 0.5) is 0 Å². The molecule has 4 N–H and O–H groups in total. The highest BCUT2D eigenvalue weighted by atomic mass is 16.5. The van der Waals surface area contributed by atoms with Crippen LogP contribution < -0.4 is 11.2 Å². The van der Waals surface area contributed by atoms with Crippen LogP contribution in [0.15, 0.2) is 15.9 Å². The lowest BCUT2D eigenvalue weighted by Crippen LogP contribution is -2.25. The molecule has 1 saturated heterocycles. The Kier molecular flexibility index (Phi) is 2.73. The number of nitrogens with zero attached hydrogens (tertiary/aromatic N) is 2. The zero-order valence-electron chi connectivity index (χ0n) is 9.74. The predicted molar refractivity (Wildman–Crippen MR) is 62.6 cm³/mol. The van der Waals surface area contributed by atoms with Gasteiger partial charge in [-0.1, -0.05) is 0 Å². The number of aromatic nitrogens is 4. The van der Waals surface area contributed by atoms with Gasteiger partial charge in [-0.3, -0.25) is 19.3 Å². The molecule has 0 unspecified atom stereocenters. The van der Waals surface area contributed by atoms with Gasteiger partial charge in [-0.2, -0.15) is 0 Å². The van der Waals surface area contributed by atoms with Crippen molar-refractivity contribution in [3.63, 3.8) is 0 Å². The van der Waals surface area contributed by atoms with Crippen LogP contribution in [-0.4, -0.2) is 48.5 Å². The summed E-state index contributed by atoms with van der Waals surface area (Å²) in [7, 11) is 0. The minimum Gasteiger partial charge on any atom is -0.394 e. The average Bonchev–Trinajstić information content (AvgIpc) is 2.92. The molecule has 1 aliphatic heterocycles. The molecule has 2 aromatic rings. The Balaban J connectivity index is 2.11. The monoisotopic (exact) mass is 268 g/mol. The summed E-state index contributed by atoms with van der Waals surface area (Å²) < 4.78 is 6.83. The molecular weight excluding hydrogens is 256 g/mol. The minimum atomic E-state index is -0.850. The van der Waals surface area contributed by atoms with Gasteiger partial charge in [-0.05, 0) is 0 Å². The topological polar surface area (TPSA) is 133 Å². The standard InChI is InChI=1S/C10H12N4O5/c15-2-4-1-5(16)9(19-4)14-3-11-6-7(14)12-10(18)13-8(6)17/h3-5,9,15-16H,1-2H2,(H2,12,13,17,18)/t4-,5-,9+/m0/s1. The number of aliphatic hydroxyl groups excluding tert-OH is 2. The Labute approximate surface area is 105 Å². The summed E-state index contributed by atoms with van der Waals surface area (Å²) in [5.74, 6) is 0. The lowest BCUT2D eigenvalue weighted by molar-refractivity contribution is -0.0487. The molecule has 0 bridgehead atoms. The van der Waals surface area contributed by atoms with Gasteiger partial charge < -0.3 is 14.9 Å². The van der Waals surface area contributed by atoms with Gasteiger partial charge in [0.15, 0.2) is 11.7 Å². The van der Waals surface area contributed by atoms with Crippen molar-refractivity contribution >= 4 is 11.2 Å². The maximum absolute atomic E-state index is 11.5. The molecule has 0 saturated carbocycles. The summed E-state index contributed by atoms with van der Waals surface area (Å²) in [6.45, 7) is -0.211. The lowest BCUT2D eigenvalue weighted by Gasteiger charge is -2.16. The fourth-order valence-corrected chi connectivity index (χ4v) is 2.24. The molecule has 1 fully saturated rings. The first-order valence-corrected chi connectivity index (χ1v) is 5.73. The van der Waals surface area contributed by atoms with E-state index in [4.69, 9.17) is 9.84 Å². The number of hydrogen-bond donors (Lipinski definition) is 4. The summed E-state index contributed by atoms with van der Waals surface area (Å²) in [6.07, 6.45) is -0.541. The van der Waals surface area contributed by atoms with Crippen LogP contribution in [-0.2, 0) is 4.74 Å². The average molecular weight is 268 g/mol. The number of imidazole rings is 1. The van der Waals surface area contributed by atoms with Crippen LogP contribution in [0.2, 0.25) is 0 Å². The van der Waals surface area contributed by atoms with Crippen molar-refractivity contribution in [1.82, 2.24) is 19.5 Å². The summed E-state index contributed by atoms with van der Waals surface area (Å²) >= 11 is 0. The molecule has 3 heterocycles. The number of aliphatic hydroxyl groups is 2. The zero-order valence-corrected chi connectivity index (χ0v) is 9.74. The number of rotatable bonds is 2. The van der Waals surface area contributed by atoms with Crippen molar-refractivity contribution < 1.29 is 14.9 Å². The molecule has 0 aliphatic carbocycles. The van der Waals surface area contributed by atoms with E-state index < -0.39 is 29.7 Å². The third-order valence-electron chi connectivity index (χ3n) is 3.11. The number of nitrogens with one attached hydrogen (secondary N) is 2. The fraction of sp³-hybridized carbons (Fsp3) is 0.500. The Bertz CT molecular complexity index is 717. The normalized spacial score (nSPS) is 27.2. The Morgan fingerprint density at radius 3 is 2.95 bits per heavy atom. The van der Waals surface area contributed by atoms with E-state index in [1.165, 1.54) is 10.9 Å². The molecular formula is C10H12N4O5. The van der Waals surface area contributed by atoms with Crippen molar-refractivity contribution in [2.24, 2.45) is 0 Å². The van der Waals surface area contributed by atoms with E-state index in [9.17, 15) is 14.7 Å². The number of fused-ring (bicyclic) bond motifs is 1. The molecule has 0 radical (unpaired) electrons. The van der Waals surface area contributed by atoms with Crippen LogP contribution in [0.1, 0.15) is 12.6 Å². The second-order valence-electron chi connectivity index (χ2n) is 4.39. The van der Waals surface area contributed by atoms with E-state index in [1.54, 1.807) is 0 Å². The smallest absolute Gasteiger partial charge is 0.327 e. The summed E-state index contributed by atoms with van der Waals surface area (Å²) in [5.41, 5.74) is -1.03. The SMILES string of the molecule is O=c1[nH]c(=O)c2ncn([C@@H]3O[C@H](CO)C[C@@H]3O)c2[nH]1. The van der Waals surface area contributed by atoms with Gasteiger partial charge in [-0.25, -0.2) is 9.78 Å². The third kappa shape index (κ3) is 1.87. The summed E-state index contributed by atoms with van der Waals surface area (Å²) in [4.78, 5) is 31.2. The fourth-order valence-electron chi connectivity index (χ4n) is 2.24.